The molecule has 1 aromatic heterocycles. The van der Waals surface area contributed by atoms with Gasteiger partial charge in [0, 0.05) is 25.3 Å². The highest BCUT2D eigenvalue weighted by atomic mass is 19.3. The highest BCUT2D eigenvalue weighted by molar-refractivity contribution is 5.39. The molecule has 6 rings (SSSR count). The van der Waals surface area contributed by atoms with E-state index in [-0.39, 0.29) is 18.4 Å². The Kier molecular flexibility index (Phi) is 2.62. The van der Waals surface area contributed by atoms with E-state index in [1.54, 1.807) is 6.07 Å². The maximum atomic E-state index is 14.4. The fourth-order valence-corrected chi connectivity index (χ4v) is 4.71. The SMILES string of the molecule is N#CC12CC(n3nc4n(c3=O)C(c3cc(F)cc(F)c3)CC4)(C1)C2(F)F. The van der Waals surface area contributed by atoms with Crippen LogP contribution in [0.1, 0.15) is 36.7 Å². The summed E-state index contributed by atoms with van der Waals surface area (Å²) in [6, 6.07) is 4.01. The minimum atomic E-state index is -3.31. The second kappa shape index (κ2) is 4.37. The minimum absolute atomic E-state index is 0.112. The Hall–Kier alpha value is -2.63. The van der Waals surface area contributed by atoms with Gasteiger partial charge in [0.15, 0.2) is 0 Å². The maximum absolute atomic E-state index is 14.4. The summed E-state index contributed by atoms with van der Waals surface area (Å²) in [6.07, 6.45) is 0.529. The summed E-state index contributed by atoms with van der Waals surface area (Å²) in [5.74, 6) is -4.53. The molecule has 0 N–H and O–H groups in total. The molecule has 1 atom stereocenters. The zero-order valence-corrected chi connectivity index (χ0v) is 13.3. The molecule has 0 amide bonds. The van der Waals surface area contributed by atoms with E-state index < -0.39 is 40.2 Å². The van der Waals surface area contributed by atoms with Gasteiger partial charge in [-0.05, 0) is 24.1 Å². The lowest BCUT2D eigenvalue weighted by Gasteiger charge is -2.70. The van der Waals surface area contributed by atoms with Gasteiger partial charge in [-0.2, -0.15) is 10.4 Å². The van der Waals surface area contributed by atoms with E-state index in [1.165, 1.54) is 4.57 Å². The lowest BCUT2D eigenvalue weighted by Crippen LogP contribution is -2.84. The molecule has 1 unspecified atom stereocenters. The van der Waals surface area contributed by atoms with Gasteiger partial charge in [-0.15, -0.1) is 0 Å². The first kappa shape index (κ1) is 15.6. The van der Waals surface area contributed by atoms with Crippen LogP contribution < -0.4 is 5.69 Å². The number of aromatic nitrogens is 3. The fourth-order valence-electron chi connectivity index (χ4n) is 4.71. The number of fused-ring (bicyclic) bond motifs is 1. The number of nitrogens with zero attached hydrogens (tertiary/aromatic N) is 4. The van der Waals surface area contributed by atoms with E-state index in [2.05, 4.69) is 5.10 Å². The van der Waals surface area contributed by atoms with Crippen LogP contribution in [0.25, 0.3) is 0 Å². The number of benzene rings is 1. The van der Waals surface area contributed by atoms with Crippen molar-refractivity contribution in [3.63, 3.8) is 0 Å². The van der Waals surface area contributed by atoms with Crippen molar-refractivity contribution in [1.29, 1.82) is 5.26 Å². The van der Waals surface area contributed by atoms with Gasteiger partial charge < -0.3 is 0 Å². The summed E-state index contributed by atoms with van der Waals surface area (Å²) in [5, 5.41) is 13.1. The molecule has 1 aromatic carbocycles. The Morgan fingerprint density at radius 3 is 2.42 bits per heavy atom. The Morgan fingerprint density at radius 2 is 1.85 bits per heavy atom. The number of alkyl halides is 2. The molecule has 0 radical (unpaired) electrons. The van der Waals surface area contributed by atoms with Crippen molar-refractivity contribution in [3.05, 3.63) is 51.7 Å². The molecule has 3 saturated carbocycles. The summed E-state index contributed by atoms with van der Waals surface area (Å²) >= 11 is 0. The Bertz CT molecular complexity index is 1040. The zero-order chi connectivity index (χ0) is 18.5. The predicted molar refractivity (Wildman–Crippen MR) is 79.5 cm³/mol. The van der Waals surface area contributed by atoms with Gasteiger partial charge in [0.2, 0.25) is 0 Å². The largest absolute Gasteiger partial charge is 0.347 e. The van der Waals surface area contributed by atoms with Gasteiger partial charge in [-0.3, -0.25) is 4.57 Å². The van der Waals surface area contributed by atoms with Gasteiger partial charge in [0.25, 0.3) is 5.92 Å². The van der Waals surface area contributed by atoms with Crippen molar-refractivity contribution < 1.29 is 17.6 Å². The molecule has 0 spiro atoms. The van der Waals surface area contributed by atoms with E-state index in [1.807, 2.05) is 0 Å². The highest BCUT2D eigenvalue weighted by Crippen LogP contribution is 2.79. The molecule has 4 aliphatic rings. The van der Waals surface area contributed by atoms with Gasteiger partial charge >= 0.3 is 5.69 Å². The normalized spacial score (nSPS) is 33.1. The Morgan fingerprint density at radius 1 is 1.19 bits per heavy atom. The quantitative estimate of drug-likeness (QED) is 0.770. The zero-order valence-electron chi connectivity index (χ0n) is 13.3. The van der Waals surface area contributed by atoms with Crippen LogP contribution >= 0.6 is 0 Å². The third kappa shape index (κ3) is 1.48. The van der Waals surface area contributed by atoms with Crippen LogP contribution in [-0.2, 0) is 12.0 Å². The third-order valence-corrected chi connectivity index (χ3v) is 6.10. The average molecular weight is 364 g/mol. The fraction of sp³-hybridized carbons (Fsp3) is 0.471. The van der Waals surface area contributed by atoms with Crippen molar-refractivity contribution in [2.75, 3.05) is 0 Å². The van der Waals surface area contributed by atoms with Crippen molar-refractivity contribution in [2.24, 2.45) is 5.41 Å². The lowest BCUT2D eigenvalue weighted by molar-refractivity contribution is -0.377. The molecule has 26 heavy (non-hydrogen) atoms. The second-order valence-corrected chi connectivity index (χ2v) is 7.39. The van der Waals surface area contributed by atoms with Crippen LogP contribution in [0.15, 0.2) is 23.0 Å². The Labute approximate surface area is 144 Å². The summed E-state index contributed by atoms with van der Waals surface area (Å²) in [5.41, 5.74) is -3.92. The average Bonchev–Trinajstić information content (AvgIpc) is 3.07. The minimum Gasteiger partial charge on any atom is -0.271 e. The van der Waals surface area contributed by atoms with Gasteiger partial charge in [-0.25, -0.2) is 27.0 Å². The molecule has 134 valence electrons. The smallest absolute Gasteiger partial charge is 0.271 e. The van der Waals surface area contributed by atoms with E-state index in [4.69, 9.17) is 5.26 Å². The van der Waals surface area contributed by atoms with Crippen molar-refractivity contribution >= 4 is 0 Å². The Balaban J connectivity index is 1.59. The van der Waals surface area contributed by atoms with E-state index in [0.717, 1.165) is 22.9 Å². The van der Waals surface area contributed by atoms with Crippen molar-refractivity contribution in [2.45, 2.75) is 43.2 Å². The van der Waals surface area contributed by atoms with Crippen molar-refractivity contribution in [1.82, 2.24) is 14.3 Å². The van der Waals surface area contributed by atoms with Crippen LogP contribution in [0.2, 0.25) is 0 Å². The number of aryl methyl sites for hydroxylation is 1. The first-order chi connectivity index (χ1) is 12.2. The molecule has 0 saturated heterocycles. The van der Waals surface area contributed by atoms with Crippen LogP contribution in [0.3, 0.4) is 0 Å². The van der Waals surface area contributed by atoms with E-state index in [0.29, 0.717) is 18.7 Å². The third-order valence-electron chi connectivity index (χ3n) is 6.10. The summed E-state index contributed by atoms with van der Waals surface area (Å²) in [7, 11) is 0. The summed E-state index contributed by atoms with van der Waals surface area (Å²) in [4.78, 5) is 12.8. The van der Waals surface area contributed by atoms with Gasteiger partial charge in [-0.1, -0.05) is 0 Å². The first-order valence-electron chi connectivity index (χ1n) is 8.21. The highest BCUT2D eigenvalue weighted by Gasteiger charge is 2.91. The molecule has 3 fully saturated rings. The molecule has 2 aromatic rings. The first-order valence-corrected chi connectivity index (χ1v) is 8.21. The number of hydrogen-bond donors (Lipinski definition) is 0. The molecule has 2 bridgehead atoms. The monoisotopic (exact) mass is 364 g/mol. The molecule has 5 nitrogen and oxygen atoms in total. The van der Waals surface area contributed by atoms with Crippen LogP contribution in [-0.4, -0.2) is 20.3 Å². The summed E-state index contributed by atoms with van der Waals surface area (Å²) < 4.78 is 57.9. The number of halogens is 4. The molecular formula is C17H12F4N4O. The van der Waals surface area contributed by atoms with Gasteiger partial charge in [0.1, 0.15) is 28.4 Å². The molecule has 3 aliphatic carbocycles. The summed E-state index contributed by atoms with van der Waals surface area (Å²) in [6.45, 7) is 0. The second-order valence-electron chi connectivity index (χ2n) is 7.39. The predicted octanol–water partition coefficient (Wildman–Crippen LogP) is 2.51. The van der Waals surface area contributed by atoms with E-state index >= 15 is 0 Å². The molecule has 9 heteroatoms. The van der Waals surface area contributed by atoms with Gasteiger partial charge in [0.05, 0.1) is 12.1 Å². The van der Waals surface area contributed by atoms with E-state index in [9.17, 15) is 22.4 Å². The number of nitriles is 1. The number of rotatable bonds is 2. The number of hydrogen-bond acceptors (Lipinski definition) is 3. The van der Waals surface area contributed by atoms with Crippen LogP contribution in [0.5, 0.6) is 0 Å². The topological polar surface area (TPSA) is 63.6 Å². The molecular weight excluding hydrogens is 352 g/mol. The lowest BCUT2D eigenvalue weighted by atomic mass is 9.37. The molecule has 2 heterocycles. The van der Waals surface area contributed by atoms with Crippen molar-refractivity contribution in [3.8, 4) is 6.07 Å². The van der Waals surface area contributed by atoms with Crippen LogP contribution in [0.4, 0.5) is 17.6 Å². The standard InChI is InChI=1S/C17H12F4N4O/c18-10-3-9(4-11(19)5-10)12-1-2-13-23-25(14(26)24(12)13)16-6-15(7-16,8-22)17(16,20)21/h3-5,12H,1-2,6-7H2. The maximum Gasteiger partial charge on any atom is 0.347 e. The molecule has 1 aliphatic heterocycles. The van der Waals surface area contributed by atoms with Crippen LogP contribution in [0, 0.1) is 28.4 Å².